The lowest BCUT2D eigenvalue weighted by Crippen LogP contribution is -2.46. The summed E-state index contributed by atoms with van der Waals surface area (Å²) in [6, 6.07) is 12.8. The molecule has 2 unspecified atom stereocenters. The molecule has 0 saturated carbocycles. The van der Waals surface area contributed by atoms with Crippen molar-refractivity contribution in [1.82, 2.24) is 5.32 Å². The topological polar surface area (TPSA) is 108 Å². The largest absolute Gasteiger partial charge is 0.492 e. The van der Waals surface area contributed by atoms with E-state index < -0.39 is 24.1 Å². The molecule has 2 atom stereocenters. The predicted octanol–water partition coefficient (Wildman–Crippen LogP) is 2.39. The maximum absolute atomic E-state index is 12.2. The average Bonchev–Trinajstić information content (AvgIpc) is 2.61. The molecule has 0 heterocycles. The summed E-state index contributed by atoms with van der Waals surface area (Å²) in [6.45, 7) is 2.23. The van der Waals surface area contributed by atoms with Gasteiger partial charge in [-0.3, -0.25) is 0 Å². The van der Waals surface area contributed by atoms with Crippen LogP contribution in [-0.4, -0.2) is 34.9 Å². The van der Waals surface area contributed by atoms with E-state index in [0.29, 0.717) is 23.6 Å². The molecule has 4 N–H and O–H groups in total. The third-order valence-electron chi connectivity index (χ3n) is 3.44. The van der Waals surface area contributed by atoms with Crippen LogP contribution in [0.3, 0.4) is 0 Å². The molecule has 2 amide bonds. The predicted molar refractivity (Wildman–Crippen MR) is 92.6 cm³/mol. The number of carboxylic acids is 1. The van der Waals surface area contributed by atoms with E-state index in [1.165, 1.54) is 0 Å². The lowest BCUT2D eigenvalue weighted by Gasteiger charge is -2.21. The Hall–Kier alpha value is -3.06. The van der Waals surface area contributed by atoms with Crippen LogP contribution < -0.4 is 15.4 Å². The van der Waals surface area contributed by atoms with Gasteiger partial charge < -0.3 is 25.6 Å². The normalized spacial score (nSPS) is 12.7. The van der Waals surface area contributed by atoms with E-state index >= 15 is 0 Å². The standard InChI is InChI=1S/C18H20N2O5/c1-2-25-14-11-7-6-10-13(14)19-18(24)20-15(17(22)23)16(21)12-8-4-3-5-9-12/h3-11,15-16,21H,2H2,1H3,(H,22,23)(H2,19,20,24). The van der Waals surface area contributed by atoms with Crippen LogP contribution in [0.5, 0.6) is 5.75 Å². The fraction of sp³-hybridized carbons (Fsp3) is 0.222. The summed E-state index contributed by atoms with van der Waals surface area (Å²) in [7, 11) is 0. The number of hydrogen-bond donors (Lipinski definition) is 4. The highest BCUT2D eigenvalue weighted by molar-refractivity contribution is 5.93. The summed E-state index contributed by atoms with van der Waals surface area (Å²) >= 11 is 0. The number of amides is 2. The Morgan fingerprint density at radius 3 is 2.36 bits per heavy atom. The summed E-state index contributed by atoms with van der Waals surface area (Å²) in [5, 5.41) is 24.4. The molecule has 2 aromatic rings. The van der Waals surface area contributed by atoms with Crippen LogP contribution in [0.4, 0.5) is 10.5 Å². The van der Waals surface area contributed by atoms with Crippen molar-refractivity contribution in [2.75, 3.05) is 11.9 Å². The number of benzene rings is 2. The maximum atomic E-state index is 12.2. The van der Waals surface area contributed by atoms with Crippen molar-refractivity contribution in [2.24, 2.45) is 0 Å². The van der Waals surface area contributed by atoms with Crippen LogP contribution in [-0.2, 0) is 4.79 Å². The molecule has 0 aliphatic heterocycles. The number of carboxylic acid groups (broad SMARTS) is 1. The zero-order chi connectivity index (χ0) is 18.2. The summed E-state index contributed by atoms with van der Waals surface area (Å²) in [6.07, 6.45) is -1.38. The van der Waals surface area contributed by atoms with Gasteiger partial charge >= 0.3 is 12.0 Å². The van der Waals surface area contributed by atoms with Crippen LogP contribution in [0, 0.1) is 0 Å². The molecule has 0 aliphatic carbocycles. The SMILES string of the molecule is CCOc1ccccc1NC(=O)NC(C(=O)O)C(O)c1ccccc1. The second-order valence-electron chi connectivity index (χ2n) is 5.20. The number of rotatable bonds is 7. The molecule has 0 fully saturated rings. The van der Waals surface area contributed by atoms with E-state index in [1.54, 1.807) is 54.6 Å². The average molecular weight is 344 g/mol. The van der Waals surface area contributed by atoms with Gasteiger partial charge in [-0.1, -0.05) is 42.5 Å². The molecule has 0 aliphatic rings. The number of ether oxygens (including phenoxy) is 1. The Bertz CT molecular complexity index is 720. The van der Waals surface area contributed by atoms with Crippen molar-refractivity contribution in [3.63, 3.8) is 0 Å². The molecular weight excluding hydrogens is 324 g/mol. The van der Waals surface area contributed by atoms with Gasteiger partial charge in [0.2, 0.25) is 0 Å². The van der Waals surface area contributed by atoms with E-state index in [1.807, 2.05) is 6.92 Å². The first-order chi connectivity index (χ1) is 12.0. The maximum Gasteiger partial charge on any atom is 0.329 e. The summed E-state index contributed by atoms with van der Waals surface area (Å²) < 4.78 is 5.40. The molecule has 0 aromatic heterocycles. The summed E-state index contributed by atoms with van der Waals surface area (Å²) in [4.78, 5) is 23.6. The van der Waals surface area contributed by atoms with E-state index in [-0.39, 0.29) is 0 Å². The molecule has 2 aromatic carbocycles. The number of aliphatic hydroxyl groups is 1. The van der Waals surface area contributed by atoms with E-state index in [2.05, 4.69) is 10.6 Å². The molecule has 0 saturated heterocycles. The fourth-order valence-electron chi connectivity index (χ4n) is 2.27. The van der Waals surface area contributed by atoms with Crippen molar-refractivity contribution in [3.8, 4) is 5.75 Å². The Morgan fingerprint density at radius 2 is 1.72 bits per heavy atom. The Labute approximate surface area is 145 Å². The third kappa shape index (κ3) is 4.95. The highest BCUT2D eigenvalue weighted by Crippen LogP contribution is 2.24. The van der Waals surface area contributed by atoms with Gasteiger partial charge in [-0.25, -0.2) is 9.59 Å². The van der Waals surface area contributed by atoms with E-state index in [9.17, 15) is 19.8 Å². The molecule has 7 nitrogen and oxygen atoms in total. The lowest BCUT2D eigenvalue weighted by atomic mass is 10.0. The fourth-order valence-corrected chi connectivity index (χ4v) is 2.27. The second kappa shape index (κ2) is 8.70. The molecule has 7 heteroatoms. The first-order valence-corrected chi connectivity index (χ1v) is 7.78. The number of nitrogens with one attached hydrogen (secondary N) is 2. The smallest absolute Gasteiger partial charge is 0.329 e. The number of anilines is 1. The number of hydrogen-bond acceptors (Lipinski definition) is 4. The number of carbonyl (C=O) groups is 2. The minimum absolute atomic E-state index is 0.393. The van der Waals surface area contributed by atoms with Gasteiger partial charge in [0.15, 0.2) is 6.04 Å². The molecule has 0 spiro atoms. The van der Waals surface area contributed by atoms with Crippen LogP contribution >= 0.6 is 0 Å². The van der Waals surface area contributed by atoms with E-state index in [0.717, 1.165) is 0 Å². The van der Waals surface area contributed by atoms with Crippen LogP contribution in [0.1, 0.15) is 18.6 Å². The van der Waals surface area contributed by atoms with Crippen molar-refractivity contribution in [1.29, 1.82) is 0 Å². The summed E-state index contributed by atoms with van der Waals surface area (Å²) in [5.41, 5.74) is 0.796. The zero-order valence-electron chi connectivity index (χ0n) is 13.7. The van der Waals surface area contributed by atoms with Crippen LogP contribution in [0.25, 0.3) is 0 Å². The molecule has 2 rings (SSSR count). The zero-order valence-corrected chi connectivity index (χ0v) is 13.7. The van der Waals surface area contributed by atoms with Crippen molar-refractivity contribution >= 4 is 17.7 Å². The van der Waals surface area contributed by atoms with Crippen LogP contribution in [0.15, 0.2) is 54.6 Å². The van der Waals surface area contributed by atoms with Gasteiger partial charge in [0.25, 0.3) is 0 Å². The van der Waals surface area contributed by atoms with Crippen molar-refractivity contribution in [3.05, 3.63) is 60.2 Å². The molecule has 0 radical (unpaired) electrons. The second-order valence-corrected chi connectivity index (χ2v) is 5.20. The monoisotopic (exact) mass is 344 g/mol. The van der Waals surface area contributed by atoms with Gasteiger partial charge in [-0.15, -0.1) is 0 Å². The molecule has 0 bridgehead atoms. The first-order valence-electron chi connectivity index (χ1n) is 7.78. The van der Waals surface area contributed by atoms with Gasteiger partial charge in [0, 0.05) is 0 Å². The molecule has 132 valence electrons. The van der Waals surface area contributed by atoms with Gasteiger partial charge in [-0.05, 0) is 24.6 Å². The molecular formula is C18H20N2O5. The van der Waals surface area contributed by atoms with Crippen molar-refractivity contribution < 1.29 is 24.5 Å². The minimum Gasteiger partial charge on any atom is -0.492 e. The van der Waals surface area contributed by atoms with Gasteiger partial charge in [0.1, 0.15) is 11.9 Å². The first kappa shape index (κ1) is 18.3. The highest BCUT2D eigenvalue weighted by atomic mass is 16.5. The number of aliphatic carboxylic acids is 1. The lowest BCUT2D eigenvalue weighted by molar-refractivity contribution is -0.142. The van der Waals surface area contributed by atoms with Crippen LogP contribution in [0.2, 0.25) is 0 Å². The number of para-hydroxylation sites is 2. The number of urea groups is 1. The minimum atomic E-state index is -1.50. The quantitative estimate of drug-likeness (QED) is 0.617. The Kier molecular flexibility index (Phi) is 6.36. The Morgan fingerprint density at radius 1 is 1.08 bits per heavy atom. The van der Waals surface area contributed by atoms with E-state index in [4.69, 9.17) is 4.74 Å². The van der Waals surface area contributed by atoms with Crippen molar-refractivity contribution in [2.45, 2.75) is 19.1 Å². The number of aliphatic hydroxyl groups excluding tert-OH is 1. The Balaban J connectivity index is 2.10. The van der Waals surface area contributed by atoms with Gasteiger partial charge in [0.05, 0.1) is 12.3 Å². The third-order valence-corrected chi connectivity index (χ3v) is 3.44. The van der Waals surface area contributed by atoms with Gasteiger partial charge in [-0.2, -0.15) is 0 Å². The number of carbonyl (C=O) groups excluding carboxylic acids is 1. The molecule has 25 heavy (non-hydrogen) atoms. The highest BCUT2D eigenvalue weighted by Gasteiger charge is 2.29. The summed E-state index contributed by atoms with van der Waals surface area (Å²) in [5.74, 6) is -0.875.